The highest BCUT2D eigenvalue weighted by Crippen LogP contribution is 2.37. The van der Waals surface area contributed by atoms with Crippen molar-refractivity contribution >= 4 is 59.3 Å². The van der Waals surface area contributed by atoms with Crippen molar-refractivity contribution in [1.29, 1.82) is 5.26 Å². The summed E-state index contributed by atoms with van der Waals surface area (Å²) in [7, 11) is -9.16. The molecule has 0 aliphatic heterocycles. The Hall–Kier alpha value is -6.64. The molecule has 4 N–H and O–H groups in total. The number of nitrogens with two attached hydrogens (primary N) is 1. The van der Waals surface area contributed by atoms with E-state index in [2.05, 4.69) is 18.7 Å². The van der Waals surface area contributed by atoms with Crippen LogP contribution in [0.4, 0.5) is 54.2 Å². The van der Waals surface area contributed by atoms with Gasteiger partial charge in [0.25, 0.3) is 20.0 Å². The van der Waals surface area contributed by atoms with Crippen molar-refractivity contribution < 1.29 is 75.0 Å². The number of hydrogen-bond donors (Lipinski definition) is 3. The standard InChI is InChI=1S/C16H9F5N4O4S2.C16H7F5N4O3S2/c17-10-5-13(31(27,28)25-15-23-6-24-30-15)11(18)4-12(10)29-9-2-7(14(22)26)1-8(3-9)16(19,20)21;17-11-5-14(30(26,27)25-15-23-7-24-29-15)12(18)4-13(11)28-10-2-8(6-22)1-9(3-10)16(19,20)21/h1-6H,(H2,22,26)(H,23,24,25);1-5,7H,(H,23,24,25). The number of hydrogen-bond acceptors (Lipinski definition) is 14. The molecule has 2 aromatic heterocycles. The van der Waals surface area contributed by atoms with E-state index < -0.39 is 117 Å². The first-order valence-corrected chi connectivity index (χ1v) is 19.9. The maximum absolute atomic E-state index is 14.4. The number of amides is 1. The van der Waals surface area contributed by atoms with Crippen LogP contribution in [0.1, 0.15) is 27.0 Å². The van der Waals surface area contributed by atoms with Gasteiger partial charge in [0.2, 0.25) is 16.2 Å². The Morgan fingerprint density at radius 1 is 0.639 bits per heavy atom. The first kappa shape index (κ1) is 45.4. The number of benzene rings is 4. The molecule has 2 heterocycles. The highest BCUT2D eigenvalue weighted by Gasteiger charge is 2.33. The molecule has 0 radical (unpaired) electrons. The number of nitriles is 1. The second-order valence-electron chi connectivity index (χ2n) is 11.3. The predicted octanol–water partition coefficient (Wildman–Crippen LogP) is 7.83. The minimum absolute atomic E-state index is 0.192. The van der Waals surface area contributed by atoms with Crippen molar-refractivity contribution in [3.05, 3.63) is 119 Å². The van der Waals surface area contributed by atoms with E-state index in [-0.39, 0.29) is 16.3 Å². The monoisotopic (exact) mass is 942 g/mol. The number of rotatable bonds is 11. The van der Waals surface area contributed by atoms with Gasteiger partial charge in [0.1, 0.15) is 45.6 Å². The molecule has 0 bridgehead atoms. The van der Waals surface area contributed by atoms with Gasteiger partial charge in [-0.15, -0.1) is 0 Å². The molecule has 0 saturated heterocycles. The molecule has 61 heavy (non-hydrogen) atoms. The second kappa shape index (κ2) is 17.5. The lowest BCUT2D eigenvalue weighted by atomic mass is 10.1. The zero-order valence-corrected chi connectivity index (χ0v) is 32.3. The quantitative estimate of drug-likeness (QED) is 0.106. The maximum Gasteiger partial charge on any atom is 0.416 e. The number of nitrogens with zero attached hydrogens (tertiary/aromatic N) is 5. The van der Waals surface area contributed by atoms with E-state index in [9.17, 15) is 65.5 Å². The van der Waals surface area contributed by atoms with Gasteiger partial charge in [0.15, 0.2) is 23.1 Å². The summed E-state index contributed by atoms with van der Waals surface area (Å²) < 4.78 is 205. The summed E-state index contributed by atoms with van der Waals surface area (Å²) in [6, 6.07) is 6.36. The normalized spacial score (nSPS) is 11.8. The van der Waals surface area contributed by atoms with Crippen LogP contribution in [-0.4, -0.2) is 41.5 Å². The van der Waals surface area contributed by atoms with Crippen LogP contribution in [-0.2, 0) is 32.4 Å². The fraction of sp³-hybridized carbons (Fsp3) is 0.0625. The fourth-order valence-corrected chi connectivity index (χ4v) is 7.94. The molecule has 0 atom stereocenters. The molecular formula is C32H16F10N8O7S4. The van der Waals surface area contributed by atoms with Crippen LogP contribution in [0.15, 0.2) is 83.1 Å². The van der Waals surface area contributed by atoms with E-state index in [0.717, 1.165) is 24.8 Å². The number of aromatic nitrogens is 4. The number of halogens is 10. The Morgan fingerprint density at radius 2 is 1.07 bits per heavy atom. The number of alkyl halides is 6. The van der Waals surface area contributed by atoms with E-state index in [4.69, 9.17) is 20.5 Å². The van der Waals surface area contributed by atoms with Crippen molar-refractivity contribution in [3.63, 3.8) is 0 Å². The lowest BCUT2D eigenvalue weighted by molar-refractivity contribution is -0.138. The predicted molar refractivity (Wildman–Crippen MR) is 190 cm³/mol. The molecule has 0 aliphatic rings. The topological polar surface area (TPSA) is 229 Å². The summed E-state index contributed by atoms with van der Waals surface area (Å²) in [4.78, 5) is 16.2. The second-order valence-corrected chi connectivity index (χ2v) is 16.2. The first-order valence-electron chi connectivity index (χ1n) is 15.4. The van der Waals surface area contributed by atoms with Gasteiger partial charge in [-0.2, -0.15) is 40.4 Å². The Balaban J connectivity index is 0.000000231. The van der Waals surface area contributed by atoms with Gasteiger partial charge in [-0.05, 0) is 36.4 Å². The van der Waals surface area contributed by atoms with Crippen LogP contribution < -0.4 is 24.7 Å². The van der Waals surface area contributed by atoms with Gasteiger partial charge in [0.05, 0.1) is 22.8 Å². The zero-order chi connectivity index (χ0) is 45.1. The van der Waals surface area contributed by atoms with E-state index in [1.165, 1.54) is 6.07 Å². The molecule has 0 aliphatic carbocycles. The van der Waals surface area contributed by atoms with Gasteiger partial charge < -0.3 is 15.2 Å². The van der Waals surface area contributed by atoms with Crippen molar-refractivity contribution in [2.24, 2.45) is 5.73 Å². The van der Waals surface area contributed by atoms with E-state index >= 15 is 0 Å². The van der Waals surface area contributed by atoms with Crippen molar-refractivity contribution in [2.75, 3.05) is 9.44 Å². The molecule has 320 valence electrons. The maximum atomic E-state index is 14.4. The summed E-state index contributed by atoms with van der Waals surface area (Å²) >= 11 is 1.30. The first-order chi connectivity index (χ1) is 28.4. The molecule has 0 unspecified atom stereocenters. The van der Waals surface area contributed by atoms with Crippen molar-refractivity contribution in [3.8, 4) is 29.1 Å². The molecular weight excluding hydrogens is 927 g/mol. The summed E-state index contributed by atoms with van der Waals surface area (Å²) in [5, 5.41) is 8.46. The summed E-state index contributed by atoms with van der Waals surface area (Å²) in [6.07, 6.45) is -7.63. The molecule has 6 rings (SSSR count). The third-order valence-electron chi connectivity index (χ3n) is 7.05. The van der Waals surface area contributed by atoms with E-state index in [0.29, 0.717) is 65.5 Å². The molecule has 6 aromatic rings. The van der Waals surface area contributed by atoms with Gasteiger partial charge >= 0.3 is 12.4 Å². The van der Waals surface area contributed by atoms with Crippen LogP contribution in [0.3, 0.4) is 0 Å². The lowest BCUT2D eigenvalue weighted by Crippen LogP contribution is -2.15. The van der Waals surface area contributed by atoms with E-state index in [1.807, 2.05) is 9.44 Å². The third-order valence-corrected chi connectivity index (χ3v) is 11.2. The van der Waals surface area contributed by atoms with Crippen LogP contribution in [0, 0.1) is 34.6 Å². The summed E-state index contributed by atoms with van der Waals surface area (Å²) in [5.41, 5.74) is 1.41. The van der Waals surface area contributed by atoms with Gasteiger partial charge in [0, 0.05) is 52.9 Å². The van der Waals surface area contributed by atoms with Crippen LogP contribution >= 0.6 is 23.1 Å². The van der Waals surface area contributed by atoms with Gasteiger partial charge in [-0.3, -0.25) is 14.2 Å². The smallest absolute Gasteiger partial charge is 0.416 e. The van der Waals surface area contributed by atoms with Crippen LogP contribution in [0.25, 0.3) is 0 Å². The third kappa shape index (κ3) is 11.4. The average molecular weight is 943 g/mol. The van der Waals surface area contributed by atoms with E-state index in [1.54, 1.807) is 0 Å². The van der Waals surface area contributed by atoms with Crippen LogP contribution in [0.5, 0.6) is 23.0 Å². The average Bonchev–Trinajstić information content (AvgIpc) is 3.87. The SMILES string of the molecule is N#Cc1cc(Oc2cc(F)c(S(=O)(=O)Nc3ncns3)cc2F)cc(C(F)(F)F)c1.NC(=O)c1cc(Oc2cc(F)c(S(=O)(=O)Nc3ncns3)cc2F)cc(C(F)(F)F)c1. The molecule has 0 fully saturated rings. The van der Waals surface area contributed by atoms with Gasteiger partial charge in [-0.1, -0.05) is 0 Å². The fourth-order valence-electron chi connectivity index (χ4n) is 4.47. The number of ether oxygens (including phenoxy) is 2. The summed E-state index contributed by atoms with van der Waals surface area (Å²) in [5.74, 6) is -9.97. The number of anilines is 2. The largest absolute Gasteiger partial charge is 0.454 e. The zero-order valence-electron chi connectivity index (χ0n) is 29.0. The number of primary amides is 1. The highest BCUT2D eigenvalue weighted by molar-refractivity contribution is 7.93. The molecule has 0 saturated carbocycles. The Morgan fingerprint density at radius 3 is 1.44 bits per heavy atom. The Labute approximate surface area is 342 Å². The highest BCUT2D eigenvalue weighted by atomic mass is 32.2. The number of carbonyl (C=O) groups is 1. The minimum Gasteiger partial charge on any atom is -0.454 e. The number of sulfonamides is 2. The molecule has 15 nitrogen and oxygen atoms in total. The van der Waals surface area contributed by atoms with Crippen molar-refractivity contribution in [1.82, 2.24) is 18.7 Å². The number of carbonyl (C=O) groups excluding carboxylic acids is 1. The molecule has 29 heteroatoms. The minimum atomic E-state index is -4.89. The Bertz CT molecular complexity index is 2880. The molecule has 4 aromatic carbocycles. The number of nitrogens with one attached hydrogen (secondary N) is 2. The van der Waals surface area contributed by atoms with Crippen LogP contribution in [0.2, 0.25) is 0 Å². The Kier molecular flexibility index (Phi) is 13.1. The molecule has 1 amide bonds. The van der Waals surface area contributed by atoms with Gasteiger partial charge in [-0.25, -0.2) is 44.4 Å². The summed E-state index contributed by atoms with van der Waals surface area (Å²) in [6.45, 7) is 0. The molecule has 0 spiro atoms. The lowest BCUT2D eigenvalue weighted by Gasteiger charge is -2.13. The van der Waals surface area contributed by atoms with Crippen molar-refractivity contribution in [2.45, 2.75) is 22.1 Å².